The fourth-order valence-electron chi connectivity index (χ4n) is 2.52. The van der Waals surface area contributed by atoms with Crippen LogP contribution in [0.15, 0.2) is 24.3 Å². The van der Waals surface area contributed by atoms with E-state index in [2.05, 4.69) is 19.2 Å². The van der Waals surface area contributed by atoms with Crippen LogP contribution >= 0.6 is 0 Å². The van der Waals surface area contributed by atoms with Crippen molar-refractivity contribution in [3.05, 3.63) is 29.8 Å². The Balaban J connectivity index is 2.42. The second kappa shape index (κ2) is 12.0. The highest BCUT2D eigenvalue weighted by atomic mass is 16.5. The van der Waals surface area contributed by atoms with Gasteiger partial charge in [-0.05, 0) is 37.5 Å². The van der Waals surface area contributed by atoms with Gasteiger partial charge in [-0.2, -0.15) is 0 Å². The lowest BCUT2D eigenvalue weighted by atomic mass is 10.0. The van der Waals surface area contributed by atoms with Gasteiger partial charge in [-0.1, -0.05) is 26.7 Å². The van der Waals surface area contributed by atoms with E-state index in [1.807, 2.05) is 6.92 Å². The molecule has 0 radical (unpaired) electrons. The van der Waals surface area contributed by atoms with Crippen LogP contribution in [0, 0.1) is 5.92 Å². The Bertz CT molecular complexity index is 639. The summed E-state index contributed by atoms with van der Waals surface area (Å²) in [6.07, 6.45) is 5.95. The van der Waals surface area contributed by atoms with Gasteiger partial charge < -0.3 is 19.5 Å². The summed E-state index contributed by atoms with van der Waals surface area (Å²) in [5.74, 6) is 1.01. The summed E-state index contributed by atoms with van der Waals surface area (Å²) in [6, 6.07) is 5.32. The summed E-state index contributed by atoms with van der Waals surface area (Å²) < 4.78 is 15.4. The fourth-order valence-corrected chi connectivity index (χ4v) is 2.52. The maximum atomic E-state index is 11.9. The van der Waals surface area contributed by atoms with E-state index in [0.717, 1.165) is 19.3 Å². The van der Waals surface area contributed by atoms with Gasteiger partial charge in [-0.15, -0.1) is 0 Å². The minimum absolute atomic E-state index is 0.0639. The van der Waals surface area contributed by atoms with E-state index in [1.54, 1.807) is 31.4 Å². The molecule has 0 fully saturated rings. The minimum atomic E-state index is -0.588. The monoisotopic (exact) mass is 377 g/mol. The maximum absolute atomic E-state index is 11.9. The Kier molecular flexibility index (Phi) is 10.0. The van der Waals surface area contributed by atoms with Crippen LogP contribution in [0.3, 0.4) is 0 Å². The first-order chi connectivity index (χ1) is 12.8. The van der Waals surface area contributed by atoms with E-state index in [1.165, 1.54) is 13.2 Å². The molecule has 0 aliphatic heterocycles. The van der Waals surface area contributed by atoms with Gasteiger partial charge in [-0.3, -0.25) is 4.79 Å². The number of benzene rings is 1. The van der Waals surface area contributed by atoms with Crippen molar-refractivity contribution in [3.8, 4) is 11.5 Å². The van der Waals surface area contributed by atoms with Gasteiger partial charge in [-0.25, -0.2) is 4.79 Å². The predicted molar refractivity (Wildman–Crippen MR) is 106 cm³/mol. The van der Waals surface area contributed by atoms with Crippen LogP contribution in [0.5, 0.6) is 11.5 Å². The van der Waals surface area contributed by atoms with Gasteiger partial charge in [0.2, 0.25) is 0 Å². The Morgan fingerprint density at radius 1 is 1.11 bits per heavy atom. The van der Waals surface area contributed by atoms with Crippen molar-refractivity contribution >= 4 is 18.0 Å². The van der Waals surface area contributed by atoms with Gasteiger partial charge in [0.25, 0.3) is 5.91 Å². The highest BCUT2D eigenvalue weighted by Gasteiger charge is 2.10. The maximum Gasteiger partial charge on any atom is 0.331 e. The Hall–Kier alpha value is -2.50. The molecule has 1 rings (SSSR count). The molecular formula is C21H31NO5. The van der Waals surface area contributed by atoms with Crippen LogP contribution in [0.1, 0.15) is 45.6 Å². The molecule has 0 aliphatic carbocycles. The number of nitrogens with one attached hydrogen (secondary N) is 1. The van der Waals surface area contributed by atoms with Crippen molar-refractivity contribution < 1.29 is 23.8 Å². The molecule has 1 atom stereocenters. The zero-order valence-corrected chi connectivity index (χ0v) is 16.9. The van der Waals surface area contributed by atoms with Gasteiger partial charge in [0.1, 0.15) is 11.5 Å². The summed E-state index contributed by atoms with van der Waals surface area (Å²) in [6.45, 7) is 6.02. The van der Waals surface area contributed by atoms with Crippen molar-refractivity contribution in [3.63, 3.8) is 0 Å². The normalized spacial score (nSPS) is 12.1. The average Bonchev–Trinajstić information content (AvgIpc) is 2.64. The molecule has 0 spiro atoms. The first-order valence-electron chi connectivity index (χ1n) is 9.22. The molecule has 1 amide bonds. The van der Waals surface area contributed by atoms with E-state index < -0.39 is 5.97 Å². The molecule has 1 aromatic carbocycles. The summed E-state index contributed by atoms with van der Waals surface area (Å²) in [7, 11) is 3.11. The third-order valence-electron chi connectivity index (χ3n) is 4.01. The molecule has 0 aromatic heterocycles. The van der Waals surface area contributed by atoms with Gasteiger partial charge in [0, 0.05) is 23.7 Å². The van der Waals surface area contributed by atoms with Crippen LogP contribution in [0.2, 0.25) is 0 Å². The molecular weight excluding hydrogens is 346 g/mol. The highest BCUT2D eigenvalue weighted by molar-refractivity contribution is 5.89. The molecule has 1 unspecified atom stereocenters. The molecule has 150 valence electrons. The molecule has 1 N–H and O–H groups in total. The largest absolute Gasteiger partial charge is 0.497 e. The topological polar surface area (TPSA) is 73.9 Å². The van der Waals surface area contributed by atoms with Crippen LogP contribution in [-0.4, -0.2) is 38.7 Å². The summed E-state index contributed by atoms with van der Waals surface area (Å²) in [4.78, 5) is 23.7. The summed E-state index contributed by atoms with van der Waals surface area (Å²) in [5.41, 5.74) is 0.707. The number of ether oxygens (including phenoxy) is 3. The Labute approximate surface area is 161 Å². The van der Waals surface area contributed by atoms with Crippen molar-refractivity contribution in [2.24, 2.45) is 5.92 Å². The quantitative estimate of drug-likeness (QED) is 0.471. The molecule has 1 aromatic rings. The van der Waals surface area contributed by atoms with Crippen molar-refractivity contribution in [2.45, 2.75) is 46.1 Å². The summed E-state index contributed by atoms with van der Waals surface area (Å²) in [5, 5.41) is 2.84. The number of hydrogen-bond donors (Lipinski definition) is 1. The second-order valence-electron chi connectivity index (χ2n) is 6.84. The minimum Gasteiger partial charge on any atom is -0.497 e. The zero-order valence-electron chi connectivity index (χ0n) is 16.9. The zero-order chi connectivity index (χ0) is 20.2. The third-order valence-corrected chi connectivity index (χ3v) is 4.01. The number of carbonyl (C=O) groups is 2. The first kappa shape index (κ1) is 22.5. The van der Waals surface area contributed by atoms with Crippen LogP contribution in [-0.2, 0) is 14.3 Å². The molecule has 0 heterocycles. The van der Waals surface area contributed by atoms with Crippen molar-refractivity contribution in [1.29, 1.82) is 0 Å². The van der Waals surface area contributed by atoms with Gasteiger partial charge >= 0.3 is 5.97 Å². The predicted octanol–water partition coefficient (Wildman–Crippen LogP) is 3.59. The molecule has 0 bridgehead atoms. The lowest BCUT2D eigenvalue weighted by Crippen LogP contribution is -2.35. The molecule has 0 aliphatic rings. The van der Waals surface area contributed by atoms with E-state index in [9.17, 15) is 9.59 Å². The SMILES string of the molecule is COc1ccc(/C=C/C(=O)OCC(=O)NC(C)CCCC(C)C)c(OC)c1. The lowest BCUT2D eigenvalue weighted by molar-refractivity contribution is -0.144. The Morgan fingerprint density at radius 3 is 2.48 bits per heavy atom. The lowest BCUT2D eigenvalue weighted by Gasteiger charge is -2.14. The highest BCUT2D eigenvalue weighted by Crippen LogP contribution is 2.25. The standard InChI is InChI=1S/C21H31NO5/c1-15(2)7-6-8-16(3)22-20(23)14-27-21(24)12-10-17-9-11-18(25-4)13-19(17)26-5/h9-13,15-16H,6-8,14H2,1-5H3,(H,22,23)/b12-10+. The van der Waals surface area contributed by atoms with Gasteiger partial charge in [0.15, 0.2) is 6.61 Å². The number of esters is 1. The van der Waals surface area contributed by atoms with E-state index >= 15 is 0 Å². The number of carbonyl (C=O) groups excluding carboxylic acids is 2. The molecule has 27 heavy (non-hydrogen) atoms. The molecule has 6 nitrogen and oxygen atoms in total. The number of methoxy groups -OCH3 is 2. The molecule has 0 saturated heterocycles. The number of hydrogen-bond acceptors (Lipinski definition) is 5. The van der Waals surface area contributed by atoms with Crippen LogP contribution in [0.25, 0.3) is 6.08 Å². The number of amides is 1. The fraction of sp³-hybridized carbons (Fsp3) is 0.524. The van der Waals surface area contributed by atoms with Crippen LogP contribution in [0.4, 0.5) is 0 Å². The first-order valence-corrected chi connectivity index (χ1v) is 9.22. The Morgan fingerprint density at radius 2 is 1.85 bits per heavy atom. The van der Waals surface area contributed by atoms with Gasteiger partial charge in [0.05, 0.1) is 14.2 Å². The molecule has 0 saturated carbocycles. The summed E-state index contributed by atoms with van der Waals surface area (Å²) >= 11 is 0. The van der Waals surface area contributed by atoms with E-state index in [-0.39, 0.29) is 18.6 Å². The average molecular weight is 377 g/mol. The van der Waals surface area contributed by atoms with Crippen LogP contribution < -0.4 is 14.8 Å². The smallest absolute Gasteiger partial charge is 0.331 e. The molecule has 6 heteroatoms. The number of rotatable bonds is 11. The van der Waals surface area contributed by atoms with E-state index in [4.69, 9.17) is 14.2 Å². The van der Waals surface area contributed by atoms with Crippen molar-refractivity contribution in [1.82, 2.24) is 5.32 Å². The second-order valence-corrected chi connectivity index (χ2v) is 6.84. The van der Waals surface area contributed by atoms with Crippen molar-refractivity contribution in [2.75, 3.05) is 20.8 Å². The third kappa shape index (κ3) is 9.13. The van der Waals surface area contributed by atoms with E-state index in [0.29, 0.717) is 23.0 Å².